The van der Waals surface area contributed by atoms with Crippen molar-refractivity contribution in [2.24, 2.45) is 11.3 Å². The van der Waals surface area contributed by atoms with Gasteiger partial charge in [-0.3, -0.25) is 9.59 Å². The lowest BCUT2D eigenvalue weighted by Crippen LogP contribution is -2.47. The number of amides is 2. The molecule has 2 rings (SSSR count). The Kier molecular flexibility index (Phi) is 8.34. The normalized spacial score (nSPS) is 24.4. The van der Waals surface area contributed by atoms with Crippen LogP contribution < -0.4 is 10.6 Å². The molecule has 0 aromatic heterocycles. The lowest BCUT2D eigenvalue weighted by Gasteiger charge is -2.38. The molecule has 0 radical (unpaired) electrons. The van der Waals surface area contributed by atoms with Gasteiger partial charge < -0.3 is 20.5 Å². The number of carbonyl (C=O) groups is 3. The Morgan fingerprint density at radius 3 is 2.31 bits per heavy atom. The Labute approximate surface area is 174 Å². The Balaban J connectivity index is 1.95. The molecule has 0 spiro atoms. The molecule has 2 saturated carbocycles. The predicted molar refractivity (Wildman–Crippen MR) is 111 cm³/mol. The van der Waals surface area contributed by atoms with Gasteiger partial charge >= 0.3 is 12.1 Å². The van der Waals surface area contributed by atoms with Crippen LogP contribution in [0, 0.1) is 11.3 Å². The SMILES string of the molecule is CC(C)(C)OC(=O)NCC1(CC(=O)N[C@H]2CCCC[C@H]2CC(=O)O)CCCCC1. The molecule has 0 unspecified atom stereocenters. The second-order valence-corrected chi connectivity index (χ2v) is 9.91. The van der Waals surface area contributed by atoms with Crippen LogP contribution in [0.5, 0.6) is 0 Å². The van der Waals surface area contributed by atoms with Crippen molar-refractivity contribution in [2.45, 2.75) is 103 Å². The van der Waals surface area contributed by atoms with Gasteiger partial charge in [-0.2, -0.15) is 0 Å². The van der Waals surface area contributed by atoms with E-state index in [9.17, 15) is 14.4 Å². The third kappa shape index (κ3) is 8.23. The maximum atomic E-state index is 12.9. The fourth-order valence-corrected chi connectivity index (χ4v) is 4.76. The standard InChI is InChI=1S/C22H38N2O5/c1-21(2,3)29-20(28)23-15-22(11-7-4-8-12-22)14-18(25)24-17-10-6-5-9-16(17)13-19(26)27/h16-17H,4-15H2,1-3H3,(H,23,28)(H,24,25)(H,26,27)/t16-,17-/m0/s1. The van der Waals surface area contributed by atoms with E-state index >= 15 is 0 Å². The van der Waals surface area contributed by atoms with Gasteiger partial charge in [0.1, 0.15) is 5.60 Å². The zero-order valence-corrected chi connectivity index (χ0v) is 18.2. The van der Waals surface area contributed by atoms with Crippen molar-refractivity contribution >= 4 is 18.0 Å². The van der Waals surface area contributed by atoms with Gasteiger partial charge in [0.25, 0.3) is 0 Å². The minimum atomic E-state index is -0.804. The Morgan fingerprint density at radius 1 is 1.03 bits per heavy atom. The van der Waals surface area contributed by atoms with E-state index in [4.69, 9.17) is 9.84 Å². The molecule has 0 aromatic rings. The van der Waals surface area contributed by atoms with Crippen molar-refractivity contribution in [3.05, 3.63) is 0 Å². The molecule has 7 heteroatoms. The van der Waals surface area contributed by atoms with Crippen molar-refractivity contribution in [3.8, 4) is 0 Å². The van der Waals surface area contributed by atoms with E-state index in [1.54, 1.807) is 0 Å². The Morgan fingerprint density at radius 2 is 1.69 bits per heavy atom. The largest absolute Gasteiger partial charge is 0.481 e. The summed E-state index contributed by atoms with van der Waals surface area (Å²) in [7, 11) is 0. The second-order valence-electron chi connectivity index (χ2n) is 9.91. The van der Waals surface area contributed by atoms with Crippen molar-refractivity contribution in [1.29, 1.82) is 0 Å². The molecule has 0 heterocycles. The number of carbonyl (C=O) groups excluding carboxylic acids is 2. The number of rotatable bonds is 7. The molecule has 7 nitrogen and oxygen atoms in total. The number of aliphatic carboxylic acids is 1. The van der Waals surface area contributed by atoms with Crippen LogP contribution in [-0.4, -0.2) is 41.3 Å². The summed E-state index contributed by atoms with van der Waals surface area (Å²) in [5, 5.41) is 15.2. The first-order chi connectivity index (χ1) is 13.6. The zero-order valence-electron chi connectivity index (χ0n) is 18.2. The predicted octanol–water partition coefficient (Wildman–Crippen LogP) is 4.00. The van der Waals surface area contributed by atoms with Gasteiger partial charge in [-0.05, 0) is 57.8 Å². The van der Waals surface area contributed by atoms with Crippen LogP contribution in [-0.2, 0) is 14.3 Å². The first-order valence-corrected chi connectivity index (χ1v) is 11.1. The third-order valence-corrected chi connectivity index (χ3v) is 6.15. The number of hydrogen-bond acceptors (Lipinski definition) is 4. The van der Waals surface area contributed by atoms with Crippen LogP contribution in [0.1, 0.15) is 91.4 Å². The number of carboxylic acids is 1. The average Bonchev–Trinajstić information content (AvgIpc) is 2.61. The van der Waals surface area contributed by atoms with Gasteiger partial charge in [0.05, 0.1) is 6.42 Å². The quantitative estimate of drug-likeness (QED) is 0.588. The smallest absolute Gasteiger partial charge is 0.407 e. The summed E-state index contributed by atoms with van der Waals surface area (Å²) in [6, 6.07) is -0.0631. The Bertz CT molecular complexity index is 578. The molecule has 2 aliphatic carbocycles. The summed E-state index contributed by atoms with van der Waals surface area (Å²) in [4.78, 5) is 36.1. The minimum absolute atomic E-state index is 0.00685. The highest BCUT2D eigenvalue weighted by Gasteiger charge is 2.36. The van der Waals surface area contributed by atoms with Crippen LogP contribution in [0.2, 0.25) is 0 Å². The molecule has 0 bridgehead atoms. The van der Waals surface area contributed by atoms with Gasteiger partial charge in [-0.1, -0.05) is 32.1 Å². The summed E-state index contributed by atoms with van der Waals surface area (Å²) >= 11 is 0. The second kappa shape index (κ2) is 10.3. The molecule has 0 aliphatic heterocycles. The van der Waals surface area contributed by atoms with E-state index in [0.717, 1.165) is 57.8 Å². The number of hydrogen-bond donors (Lipinski definition) is 3. The lowest BCUT2D eigenvalue weighted by atomic mass is 9.71. The topological polar surface area (TPSA) is 105 Å². The molecular weight excluding hydrogens is 372 g/mol. The van der Waals surface area contributed by atoms with Gasteiger partial charge in [0, 0.05) is 19.0 Å². The van der Waals surface area contributed by atoms with E-state index in [-0.39, 0.29) is 29.7 Å². The number of nitrogens with one attached hydrogen (secondary N) is 2. The average molecular weight is 411 g/mol. The Hall–Kier alpha value is -1.79. The molecular formula is C22H38N2O5. The van der Waals surface area contributed by atoms with Crippen LogP contribution in [0.4, 0.5) is 4.79 Å². The first kappa shape index (κ1) is 23.5. The fraction of sp³-hybridized carbons (Fsp3) is 0.864. The molecule has 29 heavy (non-hydrogen) atoms. The highest BCUT2D eigenvalue weighted by Crippen LogP contribution is 2.39. The highest BCUT2D eigenvalue weighted by atomic mass is 16.6. The molecule has 2 aliphatic rings. The zero-order chi connectivity index (χ0) is 21.5. The van der Waals surface area contributed by atoms with Gasteiger partial charge in [-0.15, -0.1) is 0 Å². The van der Waals surface area contributed by atoms with Gasteiger partial charge in [0.15, 0.2) is 0 Å². The summed E-state index contributed by atoms with van der Waals surface area (Å²) in [6.07, 6.45) is 8.81. The lowest BCUT2D eigenvalue weighted by molar-refractivity contribution is -0.139. The van der Waals surface area contributed by atoms with Gasteiger partial charge in [0.2, 0.25) is 5.91 Å². The van der Waals surface area contributed by atoms with Crippen molar-refractivity contribution < 1.29 is 24.2 Å². The van der Waals surface area contributed by atoms with Crippen LogP contribution in [0.15, 0.2) is 0 Å². The maximum absolute atomic E-state index is 12.9. The molecule has 0 saturated heterocycles. The summed E-state index contributed by atoms with van der Waals surface area (Å²) in [6.45, 7) is 5.91. The van der Waals surface area contributed by atoms with E-state index in [1.165, 1.54) is 0 Å². The van der Waals surface area contributed by atoms with E-state index in [2.05, 4.69) is 10.6 Å². The summed E-state index contributed by atoms with van der Waals surface area (Å²) < 4.78 is 5.35. The van der Waals surface area contributed by atoms with Gasteiger partial charge in [-0.25, -0.2) is 4.79 Å². The summed E-state index contributed by atoms with van der Waals surface area (Å²) in [5.74, 6) is -0.825. The monoisotopic (exact) mass is 410 g/mol. The number of carboxylic acid groups (broad SMARTS) is 1. The fourth-order valence-electron chi connectivity index (χ4n) is 4.76. The van der Waals surface area contributed by atoms with Crippen molar-refractivity contribution in [2.75, 3.05) is 6.54 Å². The van der Waals surface area contributed by atoms with E-state index < -0.39 is 17.7 Å². The molecule has 2 atom stereocenters. The minimum Gasteiger partial charge on any atom is -0.481 e. The molecule has 3 N–H and O–H groups in total. The highest BCUT2D eigenvalue weighted by molar-refractivity contribution is 5.77. The molecule has 2 amide bonds. The number of ether oxygens (including phenoxy) is 1. The maximum Gasteiger partial charge on any atom is 0.407 e. The van der Waals surface area contributed by atoms with Crippen LogP contribution in [0.25, 0.3) is 0 Å². The van der Waals surface area contributed by atoms with E-state index in [1.807, 2.05) is 20.8 Å². The summed E-state index contributed by atoms with van der Waals surface area (Å²) in [5.41, 5.74) is -0.808. The van der Waals surface area contributed by atoms with E-state index in [0.29, 0.717) is 13.0 Å². The van der Waals surface area contributed by atoms with Crippen LogP contribution in [0.3, 0.4) is 0 Å². The third-order valence-electron chi connectivity index (χ3n) is 6.15. The number of alkyl carbamates (subject to hydrolysis) is 1. The molecule has 2 fully saturated rings. The molecule has 0 aromatic carbocycles. The first-order valence-electron chi connectivity index (χ1n) is 11.1. The van der Waals surface area contributed by atoms with Crippen LogP contribution >= 0.6 is 0 Å². The molecule has 166 valence electrons. The van der Waals surface area contributed by atoms with Crippen molar-refractivity contribution in [1.82, 2.24) is 10.6 Å². The van der Waals surface area contributed by atoms with Crippen molar-refractivity contribution in [3.63, 3.8) is 0 Å².